The maximum atomic E-state index is 13.2. The molecule has 1 aromatic carbocycles. The Bertz CT molecular complexity index is 1010. The van der Waals surface area contributed by atoms with Crippen LogP contribution in [0.3, 0.4) is 0 Å². The van der Waals surface area contributed by atoms with Gasteiger partial charge in [-0.05, 0) is 30.9 Å². The number of hydrogen-bond donors (Lipinski definition) is 1. The average Bonchev–Trinajstić information content (AvgIpc) is 2.77. The molecule has 0 saturated heterocycles. The number of nitrogens with two attached hydrogens (primary N) is 1. The highest BCUT2D eigenvalue weighted by molar-refractivity contribution is 8.04. The summed E-state index contributed by atoms with van der Waals surface area (Å²) in [6.45, 7) is 5.52. The maximum absolute atomic E-state index is 13.2. The zero-order chi connectivity index (χ0) is 24.3. The summed E-state index contributed by atoms with van der Waals surface area (Å²) in [5, 5.41) is 0. The van der Waals surface area contributed by atoms with E-state index in [0.29, 0.717) is 31.2 Å². The fraction of sp³-hybridized carbons (Fsp3) is 0.565. The number of Topliss-reactive ketones (excluding diaryl/α,β-unsaturated/α-hetero) is 3. The van der Waals surface area contributed by atoms with Crippen LogP contribution in [-0.2, 0) is 16.4 Å². The van der Waals surface area contributed by atoms with Gasteiger partial charge in [-0.1, -0.05) is 40.0 Å². The maximum Gasteiger partial charge on any atom is 0.374 e. The van der Waals surface area contributed by atoms with Gasteiger partial charge < -0.3 is 11.3 Å². The van der Waals surface area contributed by atoms with Gasteiger partial charge in [0.1, 0.15) is 0 Å². The Morgan fingerprint density at radius 3 is 1.81 bits per heavy atom. The summed E-state index contributed by atoms with van der Waals surface area (Å²) in [5.41, 5.74) is 15.0. The Morgan fingerprint density at radius 1 is 0.906 bits per heavy atom. The second-order valence-electron chi connectivity index (χ2n) is 7.70. The van der Waals surface area contributed by atoms with Crippen molar-refractivity contribution in [3.05, 3.63) is 33.9 Å². The summed E-state index contributed by atoms with van der Waals surface area (Å²) in [5.74, 6) is -1.28. The van der Waals surface area contributed by atoms with E-state index in [4.69, 9.17) is 11.3 Å². The van der Waals surface area contributed by atoms with Gasteiger partial charge in [0, 0.05) is 42.5 Å². The second kappa shape index (κ2) is 13.2. The summed E-state index contributed by atoms with van der Waals surface area (Å²) in [7, 11) is -4.40. The van der Waals surface area contributed by atoms with Gasteiger partial charge in [0.05, 0.1) is 4.90 Å². The first-order chi connectivity index (χ1) is 15.2. The first-order valence-corrected chi connectivity index (χ1v) is 12.7. The van der Waals surface area contributed by atoms with Crippen LogP contribution in [0.2, 0.25) is 0 Å². The van der Waals surface area contributed by atoms with Crippen LogP contribution in [0.15, 0.2) is 11.0 Å². The Labute approximate surface area is 190 Å². The summed E-state index contributed by atoms with van der Waals surface area (Å²) >= 11 is 0. The smallest absolute Gasteiger partial charge is 0.361 e. The molecule has 8 nitrogen and oxygen atoms in total. The summed E-state index contributed by atoms with van der Waals surface area (Å²) in [6.07, 6.45) is 4.09. The Hall–Kier alpha value is -2.48. The normalized spacial score (nSPS) is 11.1. The highest BCUT2D eigenvalue weighted by Gasteiger charge is 2.33. The molecule has 0 aromatic heterocycles. The molecule has 32 heavy (non-hydrogen) atoms. The van der Waals surface area contributed by atoms with Crippen LogP contribution < -0.4 is 5.73 Å². The van der Waals surface area contributed by atoms with Crippen molar-refractivity contribution in [1.29, 1.82) is 0 Å². The lowest BCUT2D eigenvalue weighted by molar-refractivity contribution is 0.00753. The Balaban J connectivity index is 4.07. The summed E-state index contributed by atoms with van der Waals surface area (Å²) in [4.78, 5) is 41.4. The molecule has 0 unspecified atom stereocenters. The monoisotopic (exact) mass is 463 g/mol. The van der Waals surface area contributed by atoms with Crippen molar-refractivity contribution in [3.8, 4) is 0 Å². The predicted octanol–water partition coefficient (Wildman–Crippen LogP) is 4.30. The van der Waals surface area contributed by atoms with Gasteiger partial charge in [-0.2, -0.15) is 4.79 Å². The number of sulfone groups is 1. The van der Waals surface area contributed by atoms with E-state index in [2.05, 4.69) is 4.79 Å². The van der Waals surface area contributed by atoms with Crippen LogP contribution >= 0.6 is 0 Å². The van der Waals surface area contributed by atoms with Crippen molar-refractivity contribution < 1.29 is 27.6 Å². The quantitative estimate of drug-likeness (QED) is 0.135. The van der Waals surface area contributed by atoms with Gasteiger partial charge >= 0.3 is 5.55 Å². The number of rotatable bonds is 15. The van der Waals surface area contributed by atoms with E-state index in [1.165, 1.54) is 0 Å². The topological polar surface area (TPSA) is 148 Å². The minimum Gasteiger partial charge on any atom is -0.361 e. The SMILES string of the molecule is CCCCC(=O)c1cc(S(=O)(=O)C=[N+]=[N-])c(C(=O)CCCC)c(C(=O)CCCC)c1CN. The van der Waals surface area contributed by atoms with Gasteiger partial charge in [-0.3, -0.25) is 14.4 Å². The van der Waals surface area contributed by atoms with Crippen molar-refractivity contribution in [2.45, 2.75) is 90.0 Å². The molecule has 0 spiro atoms. The highest BCUT2D eigenvalue weighted by Crippen LogP contribution is 2.31. The van der Waals surface area contributed by atoms with Crippen LogP contribution in [0.5, 0.6) is 0 Å². The zero-order valence-corrected chi connectivity index (χ0v) is 20.0. The third-order valence-corrected chi connectivity index (χ3v) is 6.53. The van der Waals surface area contributed by atoms with Crippen LogP contribution in [-0.4, -0.2) is 36.1 Å². The van der Waals surface area contributed by atoms with E-state index in [9.17, 15) is 22.8 Å². The first kappa shape index (κ1) is 27.6. The molecule has 0 heterocycles. The second-order valence-corrected chi connectivity index (χ2v) is 9.44. The standard InChI is InChI=1S/C23H33N3O5S/c1-4-7-10-18(27)16-13-21(32(30,31)15-26-25)23(20(29)12-9-6-3)22(17(16)14-24)19(28)11-8-5-2/h13,15H,4-12,14,24H2,1-3H3. The van der Waals surface area contributed by atoms with Gasteiger partial charge in [0.15, 0.2) is 17.3 Å². The molecule has 0 aliphatic heterocycles. The number of hydrogen-bond acceptors (Lipinski definition) is 6. The van der Waals surface area contributed by atoms with E-state index in [0.717, 1.165) is 18.9 Å². The molecular formula is C23H33N3O5S. The Kier molecular flexibility index (Phi) is 11.3. The zero-order valence-electron chi connectivity index (χ0n) is 19.1. The lowest BCUT2D eigenvalue weighted by Crippen LogP contribution is -2.23. The third kappa shape index (κ3) is 6.76. The molecule has 0 atom stereocenters. The molecule has 176 valence electrons. The summed E-state index contributed by atoms with van der Waals surface area (Å²) in [6, 6.07) is 1.12. The molecule has 0 radical (unpaired) electrons. The van der Waals surface area contributed by atoms with Crippen LogP contribution in [0.1, 0.15) is 115 Å². The van der Waals surface area contributed by atoms with Crippen molar-refractivity contribution in [2.24, 2.45) is 5.73 Å². The minimum atomic E-state index is -4.40. The van der Waals surface area contributed by atoms with E-state index in [1.807, 2.05) is 20.8 Å². The minimum absolute atomic E-state index is 0.0257. The van der Waals surface area contributed by atoms with E-state index >= 15 is 0 Å². The summed E-state index contributed by atoms with van der Waals surface area (Å²) < 4.78 is 25.8. The lowest BCUT2D eigenvalue weighted by Gasteiger charge is -2.19. The highest BCUT2D eigenvalue weighted by atomic mass is 32.2. The fourth-order valence-electron chi connectivity index (χ4n) is 3.48. The number of benzene rings is 1. The molecule has 0 saturated carbocycles. The third-order valence-electron chi connectivity index (χ3n) is 5.23. The van der Waals surface area contributed by atoms with Crippen molar-refractivity contribution in [3.63, 3.8) is 0 Å². The van der Waals surface area contributed by atoms with E-state index in [-0.39, 0.29) is 53.8 Å². The molecule has 2 N–H and O–H groups in total. The molecule has 9 heteroatoms. The molecule has 1 rings (SSSR count). The van der Waals surface area contributed by atoms with Crippen LogP contribution in [0.25, 0.3) is 5.53 Å². The molecule has 0 aliphatic carbocycles. The van der Waals surface area contributed by atoms with Crippen LogP contribution in [0.4, 0.5) is 0 Å². The van der Waals surface area contributed by atoms with Gasteiger partial charge in [0.25, 0.3) is 9.84 Å². The van der Waals surface area contributed by atoms with Crippen molar-refractivity contribution in [1.82, 2.24) is 0 Å². The number of nitrogens with zero attached hydrogens (tertiary/aromatic N) is 2. The number of unbranched alkanes of at least 4 members (excludes halogenated alkanes) is 3. The largest absolute Gasteiger partial charge is 0.374 e. The van der Waals surface area contributed by atoms with Gasteiger partial charge in [-0.15, -0.1) is 0 Å². The first-order valence-electron chi connectivity index (χ1n) is 11.1. The Morgan fingerprint density at radius 2 is 1.38 bits per heavy atom. The van der Waals surface area contributed by atoms with Gasteiger partial charge in [0.2, 0.25) is 0 Å². The number of ketones is 3. The molecule has 0 bridgehead atoms. The molecule has 0 aliphatic rings. The van der Waals surface area contributed by atoms with Crippen molar-refractivity contribution >= 4 is 32.7 Å². The number of carbonyl (C=O) groups excluding carboxylic acids is 3. The molecule has 1 aromatic rings. The van der Waals surface area contributed by atoms with Gasteiger partial charge in [-0.25, -0.2) is 8.42 Å². The molecule has 0 fully saturated rings. The molecular weight excluding hydrogens is 430 g/mol. The number of carbonyl (C=O) groups is 3. The molecule has 0 amide bonds. The van der Waals surface area contributed by atoms with Crippen LogP contribution in [0, 0.1) is 0 Å². The lowest BCUT2D eigenvalue weighted by atomic mass is 9.86. The van der Waals surface area contributed by atoms with E-state index < -0.39 is 26.3 Å². The van der Waals surface area contributed by atoms with E-state index in [1.54, 1.807) is 0 Å². The van der Waals surface area contributed by atoms with Crippen molar-refractivity contribution in [2.75, 3.05) is 0 Å². The fourth-order valence-corrected chi connectivity index (χ4v) is 4.50. The average molecular weight is 464 g/mol. The predicted molar refractivity (Wildman–Crippen MR) is 123 cm³/mol.